The van der Waals surface area contributed by atoms with Crippen molar-refractivity contribution in [3.05, 3.63) is 12.2 Å². The maximum absolute atomic E-state index is 8.44. The summed E-state index contributed by atoms with van der Waals surface area (Å²) in [6.45, 7) is 1.52. The lowest BCUT2D eigenvalue weighted by molar-refractivity contribution is -0.161. The molecule has 0 saturated carbocycles. The van der Waals surface area contributed by atoms with Gasteiger partial charge in [-0.3, -0.25) is 0 Å². The van der Waals surface area contributed by atoms with Gasteiger partial charge in [0.05, 0.1) is 6.61 Å². The van der Waals surface area contributed by atoms with Crippen LogP contribution in [-0.4, -0.2) is 31.2 Å². The highest BCUT2D eigenvalue weighted by molar-refractivity contribution is 5.00. The molecule has 96 valence electrons. The molecule has 0 amide bonds. The average molecular weight is 238 g/mol. The minimum atomic E-state index is -0.0427. The van der Waals surface area contributed by atoms with Crippen LogP contribution in [-0.2, 0) is 9.47 Å². The summed E-state index contributed by atoms with van der Waals surface area (Å²) in [6, 6.07) is 0. The third-order valence-electron chi connectivity index (χ3n) is 2.53. The summed E-state index contributed by atoms with van der Waals surface area (Å²) in [5.41, 5.74) is 0. The molecule has 1 unspecified atom stereocenters. The molecule has 1 saturated heterocycles. The highest BCUT2D eigenvalue weighted by atomic mass is 16.7. The first-order chi connectivity index (χ1) is 8.43. The van der Waals surface area contributed by atoms with Crippen LogP contribution in [0.5, 0.6) is 0 Å². The van der Waals surface area contributed by atoms with E-state index in [1.807, 2.05) is 0 Å². The second-order valence-corrected chi connectivity index (χ2v) is 3.98. The largest absolute Gasteiger partial charge is 0.384 e. The lowest BCUT2D eigenvalue weighted by atomic mass is 10.2. The van der Waals surface area contributed by atoms with Crippen LogP contribution >= 0.6 is 0 Å². The van der Waals surface area contributed by atoms with Crippen LogP contribution in [0, 0.1) is 11.8 Å². The molecular formula is C14H22O3. The summed E-state index contributed by atoms with van der Waals surface area (Å²) < 4.78 is 11.1. The third-order valence-corrected chi connectivity index (χ3v) is 2.53. The molecule has 0 radical (unpaired) electrons. The summed E-state index contributed by atoms with van der Waals surface area (Å²) in [7, 11) is 0. The van der Waals surface area contributed by atoms with Gasteiger partial charge in [-0.2, -0.15) is 0 Å². The van der Waals surface area contributed by atoms with Crippen LogP contribution in [0.4, 0.5) is 0 Å². The SMILES string of the molecule is OCC#CCC/C=C\CCOC1CCCCO1. The molecule has 1 aliphatic rings. The molecule has 1 heterocycles. The van der Waals surface area contributed by atoms with Crippen LogP contribution < -0.4 is 0 Å². The minimum Gasteiger partial charge on any atom is -0.384 e. The zero-order chi connectivity index (χ0) is 12.2. The van der Waals surface area contributed by atoms with Gasteiger partial charge in [-0.15, -0.1) is 5.92 Å². The molecule has 3 nitrogen and oxygen atoms in total. The molecule has 0 aliphatic carbocycles. The molecule has 3 heteroatoms. The predicted octanol–water partition coefficient (Wildman–Crippen LogP) is 2.25. The summed E-state index contributed by atoms with van der Waals surface area (Å²) in [4.78, 5) is 0. The van der Waals surface area contributed by atoms with E-state index in [4.69, 9.17) is 14.6 Å². The Morgan fingerprint density at radius 1 is 1.24 bits per heavy atom. The zero-order valence-electron chi connectivity index (χ0n) is 10.4. The summed E-state index contributed by atoms with van der Waals surface area (Å²) in [5.74, 6) is 5.50. The monoisotopic (exact) mass is 238 g/mol. The molecule has 1 N–H and O–H groups in total. The van der Waals surface area contributed by atoms with Gasteiger partial charge in [0.25, 0.3) is 0 Å². The maximum Gasteiger partial charge on any atom is 0.157 e. The highest BCUT2D eigenvalue weighted by Gasteiger charge is 2.12. The molecule has 0 aromatic carbocycles. The Labute approximate surface area is 104 Å². The highest BCUT2D eigenvalue weighted by Crippen LogP contribution is 2.13. The number of allylic oxidation sites excluding steroid dienone is 1. The van der Waals surface area contributed by atoms with Gasteiger partial charge in [0.1, 0.15) is 6.61 Å². The zero-order valence-corrected chi connectivity index (χ0v) is 10.4. The number of hydrogen-bond donors (Lipinski definition) is 1. The van der Waals surface area contributed by atoms with E-state index in [-0.39, 0.29) is 12.9 Å². The molecular weight excluding hydrogens is 216 g/mol. The molecule has 1 rings (SSSR count). The molecule has 1 atom stereocenters. The van der Waals surface area contributed by atoms with E-state index in [2.05, 4.69) is 24.0 Å². The Balaban J connectivity index is 1.90. The van der Waals surface area contributed by atoms with Gasteiger partial charge in [-0.25, -0.2) is 0 Å². The van der Waals surface area contributed by atoms with Crippen LogP contribution in [0.1, 0.15) is 38.5 Å². The van der Waals surface area contributed by atoms with Gasteiger partial charge in [-0.05, 0) is 32.1 Å². The Bertz CT molecular complexity index is 256. The number of aliphatic hydroxyl groups excluding tert-OH is 1. The number of aliphatic hydroxyl groups is 1. The Morgan fingerprint density at radius 2 is 2.12 bits per heavy atom. The van der Waals surface area contributed by atoms with E-state index < -0.39 is 0 Å². The fourth-order valence-corrected chi connectivity index (χ4v) is 1.65. The van der Waals surface area contributed by atoms with Crippen molar-refractivity contribution in [2.45, 2.75) is 44.8 Å². The van der Waals surface area contributed by atoms with Crippen molar-refractivity contribution in [2.24, 2.45) is 0 Å². The Kier molecular flexibility index (Phi) is 8.66. The Hall–Kier alpha value is -0.820. The lowest BCUT2D eigenvalue weighted by Crippen LogP contribution is -2.22. The summed E-state index contributed by atoms with van der Waals surface area (Å²) in [6.07, 6.45) is 10.3. The van der Waals surface area contributed by atoms with Gasteiger partial charge in [-0.1, -0.05) is 18.1 Å². The van der Waals surface area contributed by atoms with Crippen molar-refractivity contribution >= 4 is 0 Å². The molecule has 0 aromatic heterocycles. The van der Waals surface area contributed by atoms with Crippen molar-refractivity contribution in [1.29, 1.82) is 0 Å². The second-order valence-electron chi connectivity index (χ2n) is 3.98. The maximum atomic E-state index is 8.44. The van der Waals surface area contributed by atoms with Gasteiger partial charge >= 0.3 is 0 Å². The number of unbranched alkanes of at least 4 members (excludes halogenated alkanes) is 1. The summed E-state index contributed by atoms with van der Waals surface area (Å²) >= 11 is 0. The second kappa shape index (κ2) is 10.3. The normalized spacial score (nSPS) is 20.2. The van der Waals surface area contributed by atoms with E-state index in [0.717, 1.165) is 45.3 Å². The van der Waals surface area contributed by atoms with Gasteiger partial charge < -0.3 is 14.6 Å². The van der Waals surface area contributed by atoms with Crippen LogP contribution in [0.25, 0.3) is 0 Å². The third kappa shape index (κ3) is 7.98. The Morgan fingerprint density at radius 3 is 2.88 bits per heavy atom. The molecule has 0 spiro atoms. The molecule has 1 fully saturated rings. The molecule has 17 heavy (non-hydrogen) atoms. The van der Waals surface area contributed by atoms with Crippen LogP contribution in [0.2, 0.25) is 0 Å². The van der Waals surface area contributed by atoms with E-state index in [1.54, 1.807) is 0 Å². The fraction of sp³-hybridized carbons (Fsp3) is 0.714. The number of ether oxygens (including phenoxy) is 2. The quantitative estimate of drug-likeness (QED) is 0.438. The molecule has 1 aliphatic heterocycles. The smallest absolute Gasteiger partial charge is 0.157 e. The predicted molar refractivity (Wildman–Crippen MR) is 67.4 cm³/mol. The minimum absolute atomic E-state index is 0.0209. The van der Waals surface area contributed by atoms with Crippen molar-refractivity contribution < 1.29 is 14.6 Å². The average Bonchev–Trinajstić information content (AvgIpc) is 2.38. The topological polar surface area (TPSA) is 38.7 Å². The molecule has 0 bridgehead atoms. The van der Waals surface area contributed by atoms with Gasteiger partial charge in [0.15, 0.2) is 6.29 Å². The fourth-order valence-electron chi connectivity index (χ4n) is 1.65. The van der Waals surface area contributed by atoms with Crippen molar-refractivity contribution in [1.82, 2.24) is 0 Å². The van der Waals surface area contributed by atoms with Gasteiger partial charge in [0.2, 0.25) is 0 Å². The van der Waals surface area contributed by atoms with Crippen molar-refractivity contribution in [3.63, 3.8) is 0 Å². The lowest BCUT2D eigenvalue weighted by Gasteiger charge is -2.22. The molecule has 0 aromatic rings. The number of hydrogen-bond acceptors (Lipinski definition) is 3. The summed E-state index contributed by atoms with van der Waals surface area (Å²) in [5, 5.41) is 8.44. The van der Waals surface area contributed by atoms with Crippen molar-refractivity contribution in [3.8, 4) is 11.8 Å². The first kappa shape index (κ1) is 14.2. The van der Waals surface area contributed by atoms with E-state index in [9.17, 15) is 0 Å². The van der Waals surface area contributed by atoms with E-state index >= 15 is 0 Å². The van der Waals surface area contributed by atoms with Crippen LogP contribution in [0.3, 0.4) is 0 Å². The van der Waals surface area contributed by atoms with Crippen LogP contribution in [0.15, 0.2) is 12.2 Å². The van der Waals surface area contributed by atoms with E-state index in [0.29, 0.717) is 0 Å². The van der Waals surface area contributed by atoms with Gasteiger partial charge in [0, 0.05) is 13.0 Å². The first-order valence-electron chi connectivity index (χ1n) is 6.38. The standard InChI is InChI=1S/C14H22O3/c15-11-7-4-2-1-3-5-8-12-16-14-10-6-9-13-17-14/h3,5,14-15H,1-2,6,8-13H2/b5-3-. The van der Waals surface area contributed by atoms with E-state index in [1.165, 1.54) is 6.42 Å². The number of rotatable bonds is 6. The first-order valence-corrected chi connectivity index (χ1v) is 6.38. The van der Waals surface area contributed by atoms with Crippen molar-refractivity contribution in [2.75, 3.05) is 19.8 Å².